The molecule has 0 heterocycles. The number of carbonyl (C=O) groups excluding carboxylic acids is 1. The van der Waals surface area contributed by atoms with Gasteiger partial charge < -0.3 is 10.4 Å². The van der Waals surface area contributed by atoms with E-state index in [9.17, 15) is 18.4 Å². The van der Waals surface area contributed by atoms with Crippen molar-refractivity contribution in [1.29, 1.82) is 0 Å². The zero-order chi connectivity index (χ0) is 15.3. The van der Waals surface area contributed by atoms with E-state index in [2.05, 4.69) is 5.32 Å². The standard InChI is InChI=1S/C13H15F2NO3S/c1-7-3-4-8(14)10(11(7)15)12(17)16-9(13(18)19)5-6-20-2/h3-4,9H,5-6H2,1-2H3,(H,16,17)(H,18,19)/t9-/m0/s1. The number of carbonyl (C=O) groups is 2. The first-order chi connectivity index (χ1) is 9.38. The van der Waals surface area contributed by atoms with Gasteiger partial charge in [0.25, 0.3) is 5.91 Å². The Labute approximate surface area is 119 Å². The number of rotatable bonds is 6. The van der Waals surface area contributed by atoms with Crippen LogP contribution in [0.1, 0.15) is 22.3 Å². The Bertz CT molecular complexity index is 523. The van der Waals surface area contributed by atoms with Gasteiger partial charge in [0.15, 0.2) is 0 Å². The summed E-state index contributed by atoms with van der Waals surface area (Å²) in [6.45, 7) is 1.40. The molecule has 1 atom stereocenters. The van der Waals surface area contributed by atoms with Crippen molar-refractivity contribution in [2.75, 3.05) is 12.0 Å². The van der Waals surface area contributed by atoms with Crippen LogP contribution < -0.4 is 5.32 Å². The molecule has 0 bridgehead atoms. The molecule has 0 fully saturated rings. The predicted octanol–water partition coefficient (Wildman–Crippen LogP) is 2.21. The zero-order valence-electron chi connectivity index (χ0n) is 11.1. The van der Waals surface area contributed by atoms with Crippen molar-refractivity contribution >= 4 is 23.6 Å². The maximum Gasteiger partial charge on any atom is 0.326 e. The summed E-state index contributed by atoms with van der Waals surface area (Å²) in [6.07, 6.45) is 1.97. The number of carboxylic acids is 1. The fourth-order valence-corrected chi connectivity index (χ4v) is 2.06. The number of benzene rings is 1. The second-order valence-corrected chi connectivity index (χ2v) is 5.18. The molecule has 0 unspecified atom stereocenters. The van der Waals surface area contributed by atoms with E-state index in [0.717, 1.165) is 6.07 Å². The molecule has 0 saturated heterocycles. The Kier molecular flexibility index (Phi) is 5.94. The summed E-state index contributed by atoms with van der Waals surface area (Å²) in [6, 6.07) is 1.02. The van der Waals surface area contributed by atoms with Crippen LogP contribution >= 0.6 is 11.8 Å². The highest BCUT2D eigenvalue weighted by Crippen LogP contribution is 2.16. The molecule has 4 nitrogen and oxygen atoms in total. The van der Waals surface area contributed by atoms with Crippen molar-refractivity contribution in [2.45, 2.75) is 19.4 Å². The number of halogens is 2. The normalized spacial score (nSPS) is 12.0. The minimum absolute atomic E-state index is 0.118. The number of thioether (sulfide) groups is 1. The molecule has 1 amide bonds. The molecule has 0 radical (unpaired) electrons. The number of carboxylic acid groups (broad SMARTS) is 1. The first kappa shape index (κ1) is 16.4. The van der Waals surface area contributed by atoms with Crippen LogP contribution in [-0.2, 0) is 4.79 Å². The average molecular weight is 303 g/mol. The van der Waals surface area contributed by atoms with Gasteiger partial charge >= 0.3 is 5.97 Å². The summed E-state index contributed by atoms with van der Waals surface area (Å²) in [5, 5.41) is 11.1. The van der Waals surface area contributed by atoms with Crippen LogP contribution in [-0.4, -0.2) is 35.0 Å². The van der Waals surface area contributed by atoms with Crippen LogP contribution in [0.25, 0.3) is 0 Å². The zero-order valence-corrected chi connectivity index (χ0v) is 11.9. The molecule has 7 heteroatoms. The lowest BCUT2D eigenvalue weighted by molar-refractivity contribution is -0.139. The van der Waals surface area contributed by atoms with Gasteiger partial charge in [-0.3, -0.25) is 4.79 Å². The van der Waals surface area contributed by atoms with Crippen molar-refractivity contribution in [3.63, 3.8) is 0 Å². The largest absolute Gasteiger partial charge is 0.480 e. The monoisotopic (exact) mass is 303 g/mol. The molecule has 1 aromatic carbocycles. The van der Waals surface area contributed by atoms with Crippen molar-refractivity contribution in [3.8, 4) is 0 Å². The van der Waals surface area contributed by atoms with Crippen LogP contribution in [0.4, 0.5) is 8.78 Å². The maximum atomic E-state index is 13.8. The van der Waals surface area contributed by atoms with Gasteiger partial charge in [0.2, 0.25) is 0 Å². The van der Waals surface area contributed by atoms with E-state index < -0.39 is 35.1 Å². The van der Waals surface area contributed by atoms with Gasteiger partial charge in [-0.1, -0.05) is 6.07 Å². The van der Waals surface area contributed by atoms with E-state index in [1.807, 2.05) is 0 Å². The molecule has 20 heavy (non-hydrogen) atoms. The lowest BCUT2D eigenvalue weighted by Gasteiger charge is -2.15. The van der Waals surface area contributed by atoms with Crippen LogP contribution in [0, 0.1) is 18.6 Å². The smallest absolute Gasteiger partial charge is 0.326 e. The van der Waals surface area contributed by atoms with E-state index in [0.29, 0.717) is 5.75 Å². The molecule has 0 aliphatic carbocycles. The third kappa shape index (κ3) is 3.93. The summed E-state index contributed by atoms with van der Waals surface area (Å²) >= 11 is 1.42. The highest BCUT2D eigenvalue weighted by Gasteiger charge is 2.24. The molecule has 0 saturated carbocycles. The lowest BCUT2D eigenvalue weighted by atomic mass is 10.1. The van der Waals surface area contributed by atoms with Crippen molar-refractivity contribution < 1.29 is 23.5 Å². The molecule has 0 spiro atoms. The van der Waals surface area contributed by atoms with Gasteiger partial charge in [-0.25, -0.2) is 13.6 Å². The molecular weight excluding hydrogens is 288 g/mol. The highest BCUT2D eigenvalue weighted by atomic mass is 32.2. The second-order valence-electron chi connectivity index (χ2n) is 4.20. The van der Waals surface area contributed by atoms with Crippen molar-refractivity contribution in [1.82, 2.24) is 5.32 Å². The Balaban J connectivity index is 2.95. The van der Waals surface area contributed by atoms with Gasteiger partial charge in [0.05, 0.1) is 0 Å². The molecular formula is C13H15F2NO3S. The number of amides is 1. The van der Waals surface area contributed by atoms with Crippen molar-refractivity contribution in [2.24, 2.45) is 0 Å². The molecule has 0 aliphatic heterocycles. The van der Waals surface area contributed by atoms with E-state index in [1.54, 1.807) is 6.26 Å². The van der Waals surface area contributed by atoms with E-state index in [-0.39, 0.29) is 12.0 Å². The lowest BCUT2D eigenvalue weighted by Crippen LogP contribution is -2.41. The van der Waals surface area contributed by atoms with Crippen LogP contribution in [0.2, 0.25) is 0 Å². The van der Waals surface area contributed by atoms with Gasteiger partial charge in [-0.15, -0.1) is 0 Å². The second kappa shape index (κ2) is 7.23. The molecule has 1 rings (SSSR count). The summed E-state index contributed by atoms with van der Waals surface area (Å²) < 4.78 is 27.3. The van der Waals surface area contributed by atoms with Gasteiger partial charge in [0, 0.05) is 0 Å². The van der Waals surface area contributed by atoms with Gasteiger partial charge in [-0.05, 0) is 37.0 Å². The highest BCUT2D eigenvalue weighted by molar-refractivity contribution is 7.98. The topological polar surface area (TPSA) is 66.4 Å². The maximum absolute atomic E-state index is 13.8. The van der Waals surface area contributed by atoms with Gasteiger partial charge in [-0.2, -0.15) is 11.8 Å². The predicted molar refractivity (Wildman–Crippen MR) is 73.0 cm³/mol. The fourth-order valence-electron chi connectivity index (χ4n) is 1.59. The summed E-state index contributed by atoms with van der Waals surface area (Å²) in [5.74, 6) is -3.77. The number of nitrogens with one attached hydrogen (secondary N) is 1. The van der Waals surface area contributed by atoms with E-state index in [1.165, 1.54) is 24.8 Å². The third-order valence-corrected chi connectivity index (χ3v) is 3.37. The summed E-state index contributed by atoms with van der Waals surface area (Å²) in [7, 11) is 0. The van der Waals surface area contributed by atoms with Gasteiger partial charge in [0.1, 0.15) is 23.2 Å². The fraction of sp³-hybridized carbons (Fsp3) is 0.385. The Morgan fingerprint density at radius 3 is 2.60 bits per heavy atom. The quantitative estimate of drug-likeness (QED) is 0.845. The Hall–Kier alpha value is -1.63. The molecule has 2 N–H and O–H groups in total. The first-order valence-electron chi connectivity index (χ1n) is 5.85. The average Bonchev–Trinajstić information content (AvgIpc) is 2.39. The van der Waals surface area contributed by atoms with Crippen LogP contribution in [0.5, 0.6) is 0 Å². The molecule has 110 valence electrons. The number of aryl methyl sites for hydroxylation is 1. The minimum Gasteiger partial charge on any atom is -0.480 e. The Morgan fingerprint density at radius 2 is 2.05 bits per heavy atom. The number of hydrogen-bond donors (Lipinski definition) is 2. The SMILES string of the molecule is CSCC[C@H](NC(=O)c1c(F)ccc(C)c1F)C(=O)O. The first-order valence-corrected chi connectivity index (χ1v) is 7.25. The van der Waals surface area contributed by atoms with E-state index >= 15 is 0 Å². The summed E-state index contributed by atoms with van der Waals surface area (Å²) in [5.41, 5.74) is -0.632. The van der Waals surface area contributed by atoms with Crippen LogP contribution in [0.15, 0.2) is 12.1 Å². The summed E-state index contributed by atoms with van der Waals surface area (Å²) in [4.78, 5) is 22.9. The minimum atomic E-state index is -1.24. The molecule has 0 aromatic heterocycles. The third-order valence-electron chi connectivity index (χ3n) is 2.73. The van der Waals surface area contributed by atoms with Crippen LogP contribution in [0.3, 0.4) is 0 Å². The van der Waals surface area contributed by atoms with Crippen molar-refractivity contribution in [3.05, 3.63) is 34.9 Å². The molecule has 1 aromatic rings. The van der Waals surface area contributed by atoms with E-state index in [4.69, 9.17) is 5.11 Å². The molecule has 0 aliphatic rings. The number of hydrogen-bond acceptors (Lipinski definition) is 3. The Morgan fingerprint density at radius 1 is 1.40 bits per heavy atom. The number of aliphatic carboxylic acids is 1.